The van der Waals surface area contributed by atoms with E-state index in [2.05, 4.69) is 4.98 Å². The first-order chi connectivity index (χ1) is 12.5. The second-order valence-electron chi connectivity index (χ2n) is 5.41. The zero-order chi connectivity index (χ0) is 18.8. The Morgan fingerprint density at radius 3 is 2.46 bits per heavy atom. The fraction of sp³-hybridized carbons (Fsp3) is 0.111. The van der Waals surface area contributed by atoms with Crippen LogP contribution in [0.2, 0.25) is 10.0 Å². The molecule has 1 aromatic heterocycles. The molecule has 0 bridgehead atoms. The minimum absolute atomic E-state index is 0.0238. The number of carbonyl (C=O) groups excluding carboxylic acids is 1. The number of ether oxygens (including phenoxy) is 1. The van der Waals surface area contributed by atoms with E-state index >= 15 is 0 Å². The Morgan fingerprint density at radius 2 is 1.92 bits per heavy atom. The molecule has 8 heteroatoms. The number of hydrogen-bond acceptors (Lipinski definition) is 4. The van der Waals surface area contributed by atoms with Gasteiger partial charge in [0.1, 0.15) is 11.6 Å². The van der Waals surface area contributed by atoms with Crippen LogP contribution in [0.3, 0.4) is 0 Å². The summed E-state index contributed by atoms with van der Waals surface area (Å²) in [5.41, 5.74) is 6.89. The predicted molar refractivity (Wildman–Crippen MR) is 100 cm³/mol. The lowest BCUT2D eigenvalue weighted by Crippen LogP contribution is -2.15. The summed E-state index contributed by atoms with van der Waals surface area (Å²) in [6, 6.07) is 12.0. The number of amides is 1. The standard InChI is InChI=1S/C18H15Cl2N3O3/c1-26-12-5-3-11(4-6-12)23-15(9-24)16(17(21)25)22-18(23)13-7-2-10(19)8-14(13)20/h2-8,24H,9H2,1H3,(H2,21,25). The van der Waals surface area contributed by atoms with Gasteiger partial charge in [0.05, 0.1) is 24.4 Å². The van der Waals surface area contributed by atoms with Gasteiger partial charge in [0.2, 0.25) is 0 Å². The van der Waals surface area contributed by atoms with E-state index in [-0.39, 0.29) is 11.4 Å². The molecule has 2 aromatic carbocycles. The topological polar surface area (TPSA) is 90.4 Å². The summed E-state index contributed by atoms with van der Waals surface area (Å²) >= 11 is 12.3. The number of aromatic nitrogens is 2. The van der Waals surface area contributed by atoms with Crippen LogP contribution < -0.4 is 10.5 Å². The van der Waals surface area contributed by atoms with Crippen LogP contribution in [0.1, 0.15) is 16.2 Å². The van der Waals surface area contributed by atoms with Crippen molar-refractivity contribution in [2.45, 2.75) is 6.61 Å². The maximum atomic E-state index is 11.8. The van der Waals surface area contributed by atoms with Crippen LogP contribution in [0, 0.1) is 0 Å². The lowest BCUT2D eigenvalue weighted by atomic mass is 10.2. The molecule has 3 N–H and O–H groups in total. The van der Waals surface area contributed by atoms with Gasteiger partial charge in [-0.2, -0.15) is 0 Å². The van der Waals surface area contributed by atoms with Gasteiger partial charge in [-0.1, -0.05) is 23.2 Å². The van der Waals surface area contributed by atoms with Crippen molar-refractivity contribution in [3.63, 3.8) is 0 Å². The third-order valence-corrected chi connectivity index (χ3v) is 4.41. The lowest BCUT2D eigenvalue weighted by Gasteiger charge is -2.13. The largest absolute Gasteiger partial charge is 0.497 e. The molecule has 1 amide bonds. The molecule has 0 aliphatic heterocycles. The van der Waals surface area contributed by atoms with Crippen LogP contribution in [0.4, 0.5) is 0 Å². The average Bonchev–Trinajstić information content (AvgIpc) is 3.01. The number of hydrogen-bond donors (Lipinski definition) is 2. The first kappa shape index (κ1) is 18.3. The van der Waals surface area contributed by atoms with Crippen molar-refractivity contribution in [2.24, 2.45) is 5.73 Å². The monoisotopic (exact) mass is 391 g/mol. The van der Waals surface area contributed by atoms with Crippen molar-refractivity contribution in [1.29, 1.82) is 0 Å². The molecule has 0 aliphatic carbocycles. The highest BCUT2D eigenvalue weighted by Gasteiger charge is 2.23. The number of methoxy groups -OCH3 is 1. The van der Waals surface area contributed by atoms with E-state index in [1.165, 1.54) is 0 Å². The number of rotatable bonds is 5. The van der Waals surface area contributed by atoms with Crippen molar-refractivity contribution < 1.29 is 14.6 Å². The molecule has 6 nitrogen and oxygen atoms in total. The molecule has 0 unspecified atom stereocenters. The Morgan fingerprint density at radius 1 is 1.23 bits per heavy atom. The summed E-state index contributed by atoms with van der Waals surface area (Å²) in [6.45, 7) is -0.428. The Balaban J connectivity index is 2.30. The number of aliphatic hydroxyl groups excluding tert-OH is 1. The van der Waals surface area contributed by atoms with E-state index in [1.54, 1.807) is 54.1 Å². The zero-order valence-corrected chi connectivity index (χ0v) is 15.3. The Labute approximate surface area is 159 Å². The number of nitrogens with zero attached hydrogens (tertiary/aromatic N) is 2. The van der Waals surface area contributed by atoms with Crippen LogP contribution >= 0.6 is 23.2 Å². The van der Waals surface area contributed by atoms with Crippen molar-refractivity contribution in [2.75, 3.05) is 7.11 Å². The molecular weight excluding hydrogens is 377 g/mol. The third-order valence-electron chi connectivity index (χ3n) is 3.86. The number of carbonyl (C=O) groups is 1. The average molecular weight is 392 g/mol. The maximum Gasteiger partial charge on any atom is 0.269 e. The SMILES string of the molecule is COc1ccc(-n2c(-c3ccc(Cl)cc3Cl)nc(C(N)=O)c2CO)cc1. The molecular formula is C18H15Cl2N3O3. The quantitative estimate of drug-likeness (QED) is 0.696. The third kappa shape index (κ3) is 3.26. The van der Waals surface area contributed by atoms with E-state index in [0.717, 1.165) is 0 Å². The molecule has 0 saturated heterocycles. The van der Waals surface area contributed by atoms with E-state index < -0.39 is 12.5 Å². The van der Waals surface area contributed by atoms with Crippen molar-refractivity contribution in [3.05, 3.63) is 63.9 Å². The summed E-state index contributed by atoms with van der Waals surface area (Å²) in [5.74, 6) is 0.294. The molecule has 0 atom stereocenters. The molecule has 0 spiro atoms. The van der Waals surface area contributed by atoms with Gasteiger partial charge in [0, 0.05) is 16.3 Å². The van der Waals surface area contributed by atoms with Gasteiger partial charge in [-0.05, 0) is 42.5 Å². The van der Waals surface area contributed by atoms with Crippen LogP contribution in [0.15, 0.2) is 42.5 Å². The number of aliphatic hydroxyl groups is 1. The van der Waals surface area contributed by atoms with Crippen molar-refractivity contribution in [1.82, 2.24) is 9.55 Å². The number of benzene rings is 2. The highest BCUT2D eigenvalue weighted by atomic mass is 35.5. The number of imidazole rings is 1. The van der Waals surface area contributed by atoms with Gasteiger partial charge < -0.3 is 15.6 Å². The molecule has 3 aromatic rings. The number of nitrogens with two attached hydrogens (primary N) is 1. The summed E-state index contributed by atoms with van der Waals surface area (Å²) in [7, 11) is 1.56. The van der Waals surface area contributed by atoms with Gasteiger partial charge in [-0.3, -0.25) is 9.36 Å². The maximum absolute atomic E-state index is 11.8. The zero-order valence-electron chi connectivity index (χ0n) is 13.7. The van der Waals surface area contributed by atoms with Crippen molar-refractivity contribution >= 4 is 29.1 Å². The van der Waals surface area contributed by atoms with E-state index in [0.29, 0.717) is 32.9 Å². The second-order valence-corrected chi connectivity index (χ2v) is 6.25. The Hall–Kier alpha value is -2.54. The minimum Gasteiger partial charge on any atom is -0.497 e. The smallest absolute Gasteiger partial charge is 0.269 e. The molecule has 134 valence electrons. The van der Waals surface area contributed by atoms with Crippen LogP contribution in [-0.2, 0) is 6.61 Å². The van der Waals surface area contributed by atoms with E-state index in [1.807, 2.05) is 0 Å². The summed E-state index contributed by atoms with van der Waals surface area (Å²) in [6.07, 6.45) is 0. The van der Waals surface area contributed by atoms with Gasteiger partial charge >= 0.3 is 0 Å². The van der Waals surface area contributed by atoms with Gasteiger partial charge in [0.15, 0.2) is 5.69 Å². The first-order valence-electron chi connectivity index (χ1n) is 7.58. The Kier molecular flexibility index (Phi) is 5.18. The molecule has 0 radical (unpaired) electrons. The highest BCUT2D eigenvalue weighted by Crippen LogP contribution is 2.33. The summed E-state index contributed by atoms with van der Waals surface area (Å²) < 4.78 is 6.80. The van der Waals surface area contributed by atoms with E-state index in [9.17, 15) is 9.90 Å². The Bertz CT molecular complexity index is 969. The highest BCUT2D eigenvalue weighted by molar-refractivity contribution is 6.36. The number of halogens is 2. The molecule has 0 saturated carbocycles. The first-order valence-corrected chi connectivity index (χ1v) is 8.34. The van der Waals surface area contributed by atoms with E-state index in [4.69, 9.17) is 33.7 Å². The molecule has 26 heavy (non-hydrogen) atoms. The van der Waals surface area contributed by atoms with Gasteiger partial charge in [-0.15, -0.1) is 0 Å². The van der Waals surface area contributed by atoms with Gasteiger partial charge in [-0.25, -0.2) is 4.98 Å². The second kappa shape index (κ2) is 7.37. The fourth-order valence-electron chi connectivity index (χ4n) is 2.66. The van der Waals surface area contributed by atoms with Crippen LogP contribution in [0.25, 0.3) is 17.1 Å². The molecule has 0 aliphatic rings. The summed E-state index contributed by atoms with van der Waals surface area (Å²) in [4.78, 5) is 16.1. The molecule has 0 fully saturated rings. The molecule has 1 heterocycles. The molecule has 3 rings (SSSR count). The van der Waals surface area contributed by atoms with Crippen LogP contribution in [0.5, 0.6) is 5.75 Å². The fourth-order valence-corrected chi connectivity index (χ4v) is 3.15. The number of primary amides is 1. The van der Waals surface area contributed by atoms with Crippen molar-refractivity contribution in [3.8, 4) is 22.8 Å². The summed E-state index contributed by atoms with van der Waals surface area (Å²) in [5, 5.41) is 10.7. The van der Waals surface area contributed by atoms with Gasteiger partial charge in [0.25, 0.3) is 5.91 Å². The van der Waals surface area contributed by atoms with Crippen LogP contribution in [-0.4, -0.2) is 27.7 Å². The predicted octanol–water partition coefficient (Wildman–Crippen LogP) is 3.45. The minimum atomic E-state index is -0.743. The lowest BCUT2D eigenvalue weighted by molar-refractivity contribution is 0.0992. The normalized spacial score (nSPS) is 10.8.